The summed E-state index contributed by atoms with van der Waals surface area (Å²) in [6.45, 7) is 3.74. The molecule has 0 atom stereocenters. The quantitative estimate of drug-likeness (QED) is 0.478. The number of amides is 1. The molecule has 5 heterocycles. The van der Waals surface area contributed by atoms with Crippen LogP contribution < -0.4 is 15.1 Å². The van der Waals surface area contributed by atoms with Gasteiger partial charge >= 0.3 is 0 Å². The average molecular weight is 469 g/mol. The number of hydrogen-bond acceptors (Lipinski definition) is 8. The summed E-state index contributed by atoms with van der Waals surface area (Å²) in [5, 5.41) is 4.75. The van der Waals surface area contributed by atoms with Crippen molar-refractivity contribution in [3.63, 3.8) is 0 Å². The Morgan fingerprint density at radius 3 is 2.51 bits per heavy atom. The molecule has 4 aromatic rings. The van der Waals surface area contributed by atoms with Crippen LogP contribution in [-0.2, 0) is 0 Å². The van der Waals surface area contributed by atoms with E-state index in [1.165, 1.54) is 0 Å². The molecule has 0 unspecified atom stereocenters. The average Bonchev–Trinajstić information content (AvgIpc) is 2.89. The number of pyridine rings is 4. The van der Waals surface area contributed by atoms with E-state index in [0.717, 1.165) is 59.7 Å². The molecule has 1 fully saturated rings. The molecule has 1 N–H and O–H groups in total. The smallest absolute Gasteiger partial charge is 0.257 e. The molecule has 0 bridgehead atoms. The van der Waals surface area contributed by atoms with Crippen LogP contribution in [0.3, 0.4) is 0 Å². The molecule has 1 amide bonds. The first-order valence-electron chi connectivity index (χ1n) is 11.6. The highest BCUT2D eigenvalue weighted by Gasteiger charge is 2.17. The van der Waals surface area contributed by atoms with Crippen LogP contribution in [0.25, 0.3) is 22.0 Å². The number of piperazine rings is 1. The second-order valence-electron chi connectivity index (χ2n) is 8.96. The van der Waals surface area contributed by atoms with Gasteiger partial charge in [-0.2, -0.15) is 0 Å². The Kier molecular flexibility index (Phi) is 6.24. The molecule has 0 aromatic carbocycles. The highest BCUT2D eigenvalue weighted by Crippen LogP contribution is 2.25. The molecule has 9 nitrogen and oxygen atoms in total. The molecule has 0 radical (unpaired) electrons. The number of carbonyl (C=O) groups excluding carboxylic acids is 1. The summed E-state index contributed by atoms with van der Waals surface area (Å²) in [6, 6.07) is 9.47. The lowest BCUT2D eigenvalue weighted by molar-refractivity contribution is 0.102. The van der Waals surface area contributed by atoms with Gasteiger partial charge in [-0.3, -0.25) is 14.8 Å². The maximum Gasteiger partial charge on any atom is 0.257 e. The fourth-order valence-electron chi connectivity index (χ4n) is 4.03. The summed E-state index contributed by atoms with van der Waals surface area (Å²) in [5.74, 6) is 1.09. The Morgan fingerprint density at radius 2 is 1.71 bits per heavy atom. The molecule has 1 aliphatic rings. The Labute approximate surface area is 204 Å². The first kappa shape index (κ1) is 22.7. The SMILES string of the molecule is CN1CCN(c2cc(C(=O)Nc3cc4cc(-c5cncc(N(C)C)c5)ncc4cn3)ccn2)CC1. The summed E-state index contributed by atoms with van der Waals surface area (Å²) >= 11 is 0. The maximum atomic E-state index is 13.0. The van der Waals surface area contributed by atoms with E-state index in [9.17, 15) is 4.79 Å². The van der Waals surface area contributed by atoms with Crippen LogP contribution in [0.2, 0.25) is 0 Å². The summed E-state index contributed by atoms with van der Waals surface area (Å²) in [4.78, 5) is 37.3. The number of hydrogen-bond donors (Lipinski definition) is 1. The van der Waals surface area contributed by atoms with Crippen molar-refractivity contribution in [2.45, 2.75) is 0 Å². The van der Waals surface area contributed by atoms with E-state index in [1.54, 1.807) is 30.9 Å². The van der Waals surface area contributed by atoms with Crippen molar-refractivity contribution < 1.29 is 4.79 Å². The number of carbonyl (C=O) groups is 1. The van der Waals surface area contributed by atoms with Crippen molar-refractivity contribution in [2.24, 2.45) is 0 Å². The number of likely N-dealkylation sites (N-methyl/N-ethyl adjacent to an activating group) is 1. The van der Waals surface area contributed by atoms with Gasteiger partial charge < -0.3 is 20.0 Å². The number of fused-ring (bicyclic) bond motifs is 1. The van der Waals surface area contributed by atoms with Gasteiger partial charge in [0.15, 0.2) is 0 Å². The number of aromatic nitrogens is 4. The highest BCUT2D eigenvalue weighted by atomic mass is 16.1. The minimum absolute atomic E-state index is 0.216. The van der Waals surface area contributed by atoms with Gasteiger partial charge in [-0.15, -0.1) is 0 Å². The second kappa shape index (κ2) is 9.63. The van der Waals surface area contributed by atoms with Crippen molar-refractivity contribution in [3.8, 4) is 11.3 Å². The van der Waals surface area contributed by atoms with Crippen LogP contribution >= 0.6 is 0 Å². The molecule has 0 spiro atoms. The van der Waals surface area contributed by atoms with Gasteiger partial charge in [0.25, 0.3) is 5.91 Å². The molecular weight excluding hydrogens is 440 g/mol. The van der Waals surface area contributed by atoms with Crippen LogP contribution in [0, 0.1) is 0 Å². The van der Waals surface area contributed by atoms with Gasteiger partial charge in [0.2, 0.25) is 0 Å². The lowest BCUT2D eigenvalue weighted by atomic mass is 10.1. The second-order valence-corrected chi connectivity index (χ2v) is 8.96. The predicted molar refractivity (Wildman–Crippen MR) is 139 cm³/mol. The topological polar surface area (TPSA) is 90.4 Å². The van der Waals surface area contributed by atoms with Crippen molar-refractivity contribution in [2.75, 3.05) is 62.4 Å². The first-order valence-corrected chi connectivity index (χ1v) is 11.6. The molecule has 0 saturated carbocycles. The Balaban J connectivity index is 1.36. The minimum Gasteiger partial charge on any atom is -0.376 e. The number of anilines is 3. The van der Waals surface area contributed by atoms with Crippen LogP contribution in [0.1, 0.15) is 10.4 Å². The third-order valence-corrected chi connectivity index (χ3v) is 6.22. The van der Waals surface area contributed by atoms with Gasteiger partial charge in [0.05, 0.1) is 17.6 Å². The van der Waals surface area contributed by atoms with Crippen LogP contribution in [0.4, 0.5) is 17.3 Å². The lowest BCUT2D eigenvalue weighted by Crippen LogP contribution is -2.44. The van der Waals surface area contributed by atoms with Gasteiger partial charge in [0, 0.05) is 81.6 Å². The molecule has 4 aromatic heterocycles. The van der Waals surface area contributed by atoms with Gasteiger partial charge in [-0.05, 0) is 42.8 Å². The van der Waals surface area contributed by atoms with Crippen LogP contribution in [0.15, 0.2) is 61.3 Å². The monoisotopic (exact) mass is 468 g/mol. The standard InChI is InChI=1S/C26H28N8O/c1-32(2)22-10-20(14-27-17-22)23-11-19-12-24(30-16-21(19)15-29-23)31-26(35)18-4-5-28-25(13-18)34-8-6-33(3)7-9-34/h4-5,10-17H,6-9H2,1-3H3,(H,30,31,35). The van der Waals surface area contributed by atoms with Crippen molar-refractivity contribution in [1.29, 1.82) is 0 Å². The summed E-state index contributed by atoms with van der Waals surface area (Å²) in [5.41, 5.74) is 3.29. The lowest BCUT2D eigenvalue weighted by Gasteiger charge is -2.33. The fourth-order valence-corrected chi connectivity index (χ4v) is 4.03. The summed E-state index contributed by atoms with van der Waals surface area (Å²) < 4.78 is 0. The Morgan fingerprint density at radius 1 is 0.914 bits per heavy atom. The van der Waals surface area contributed by atoms with Crippen molar-refractivity contribution in [3.05, 3.63) is 66.9 Å². The zero-order chi connectivity index (χ0) is 24.4. The van der Waals surface area contributed by atoms with Gasteiger partial charge in [-0.1, -0.05) is 0 Å². The van der Waals surface area contributed by atoms with E-state index in [1.807, 2.05) is 49.5 Å². The van der Waals surface area contributed by atoms with Gasteiger partial charge in [-0.25, -0.2) is 9.97 Å². The third kappa shape index (κ3) is 5.04. The first-order chi connectivity index (χ1) is 17.0. The number of nitrogens with zero attached hydrogens (tertiary/aromatic N) is 7. The minimum atomic E-state index is -0.216. The molecule has 1 saturated heterocycles. The normalized spacial score (nSPS) is 14.2. The van der Waals surface area contributed by atoms with E-state index < -0.39 is 0 Å². The van der Waals surface area contributed by atoms with Gasteiger partial charge in [0.1, 0.15) is 11.6 Å². The predicted octanol–water partition coefficient (Wildman–Crippen LogP) is 3.16. The van der Waals surface area contributed by atoms with Crippen LogP contribution in [-0.4, -0.2) is 78.1 Å². The van der Waals surface area contributed by atoms with E-state index >= 15 is 0 Å². The third-order valence-electron chi connectivity index (χ3n) is 6.22. The van der Waals surface area contributed by atoms with E-state index in [0.29, 0.717) is 11.4 Å². The van der Waals surface area contributed by atoms with E-state index in [4.69, 9.17) is 0 Å². The highest BCUT2D eigenvalue weighted by molar-refractivity contribution is 6.05. The van der Waals surface area contributed by atoms with Crippen LogP contribution in [0.5, 0.6) is 0 Å². The molecule has 0 aliphatic carbocycles. The Bertz CT molecular complexity index is 1360. The molecule has 178 valence electrons. The van der Waals surface area contributed by atoms with Crippen molar-refractivity contribution >= 4 is 34.0 Å². The molecule has 1 aliphatic heterocycles. The summed E-state index contributed by atoms with van der Waals surface area (Å²) in [6.07, 6.45) is 8.81. The zero-order valence-corrected chi connectivity index (χ0v) is 20.1. The molecule has 5 rings (SSSR count). The Hall–Kier alpha value is -4.11. The maximum absolute atomic E-state index is 13.0. The molecular formula is C26H28N8O. The number of rotatable bonds is 5. The number of nitrogens with one attached hydrogen (secondary N) is 1. The van der Waals surface area contributed by atoms with Crippen molar-refractivity contribution in [1.82, 2.24) is 24.8 Å². The largest absolute Gasteiger partial charge is 0.376 e. The molecule has 35 heavy (non-hydrogen) atoms. The molecule has 9 heteroatoms. The summed E-state index contributed by atoms with van der Waals surface area (Å²) in [7, 11) is 6.07. The fraction of sp³-hybridized carbons (Fsp3) is 0.269. The van der Waals surface area contributed by atoms with E-state index in [2.05, 4.69) is 42.1 Å². The zero-order valence-electron chi connectivity index (χ0n) is 20.1. The van der Waals surface area contributed by atoms with E-state index in [-0.39, 0.29) is 5.91 Å².